The molecule has 0 radical (unpaired) electrons. The summed E-state index contributed by atoms with van der Waals surface area (Å²) in [6.45, 7) is 4.11. The fraction of sp³-hybridized carbons (Fsp3) is 0.227. The Morgan fingerprint density at radius 2 is 1.83 bits per heavy atom. The van der Waals surface area contributed by atoms with Crippen LogP contribution < -0.4 is 9.47 Å². The molecular formula is C22H21N3O3S2. The third-order valence-electron chi connectivity index (χ3n) is 4.54. The van der Waals surface area contributed by atoms with Crippen molar-refractivity contribution in [3.8, 4) is 33.5 Å². The highest BCUT2D eigenvalue weighted by molar-refractivity contribution is 7.98. The molecule has 2 aromatic heterocycles. The average molecular weight is 440 g/mol. The van der Waals surface area contributed by atoms with Crippen molar-refractivity contribution in [1.29, 1.82) is 0 Å². The third-order valence-corrected chi connectivity index (χ3v) is 6.34. The molecule has 154 valence electrons. The lowest BCUT2D eigenvalue weighted by Gasteiger charge is -2.08. The summed E-state index contributed by atoms with van der Waals surface area (Å²) in [7, 11) is 3.25. The zero-order valence-electron chi connectivity index (χ0n) is 17.1. The summed E-state index contributed by atoms with van der Waals surface area (Å²) >= 11 is 3.07. The van der Waals surface area contributed by atoms with Gasteiger partial charge in [0, 0.05) is 22.3 Å². The molecule has 0 aliphatic rings. The summed E-state index contributed by atoms with van der Waals surface area (Å²) in [4.78, 5) is 4.73. The highest BCUT2D eigenvalue weighted by Gasteiger charge is 2.13. The second-order valence-electron chi connectivity index (χ2n) is 6.69. The summed E-state index contributed by atoms with van der Waals surface area (Å²) in [5.74, 6) is 2.58. The number of hydrogen-bond donors (Lipinski definition) is 0. The van der Waals surface area contributed by atoms with Crippen LogP contribution in [0.3, 0.4) is 0 Å². The molecule has 0 bridgehead atoms. The number of rotatable bonds is 7. The number of aryl methyl sites for hydroxylation is 2. The maximum atomic E-state index is 5.85. The van der Waals surface area contributed by atoms with Crippen LogP contribution >= 0.6 is 23.1 Å². The van der Waals surface area contributed by atoms with Gasteiger partial charge in [-0.1, -0.05) is 29.5 Å². The van der Waals surface area contributed by atoms with Gasteiger partial charge in [-0.25, -0.2) is 4.98 Å². The molecule has 4 rings (SSSR count). The number of benzene rings is 2. The molecular weight excluding hydrogens is 418 g/mol. The van der Waals surface area contributed by atoms with Gasteiger partial charge in [-0.15, -0.1) is 21.5 Å². The molecule has 0 N–H and O–H groups in total. The van der Waals surface area contributed by atoms with Crippen molar-refractivity contribution >= 4 is 23.1 Å². The van der Waals surface area contributed by atoms with E-state index in [9.17, 15) is 0 Å². The van der Waals surface area contributed by atoms with Gasteiger partial charge >= 0.3 is 0 Å². The van der Waals surface area contributed by atoms with Gasteiger partial charge in [-0.05, 0) is 43.7 Å². The van der Waals surface area contributed by atoms with Gasteiger partial charge in [0.25, 0.3) is 5.22 Å². The molecule has 2 aromatic carbocycles. The van der Waals surface area contributed by atoms with Crippen LogP contribution in [-0.2, 0) is 5.75 Å². The topological polar surface area (TPSA) is 70.3 Å². The molecule has 8 heteroatoms. The Kier molecular flexibility index (Phi) is 6.06. The Morgan fingerprint density at radius 1 is 1.00 bits per heavy atom. The van der Waals surface area contributed by atoms with Gasteiger partial charge in [-0.3, -0.25) is 0 Å². The quantitative estimate of drug-likeness (QED) is 0.338. The zero-order valence-corrected chi connectivity index (χ0v) is 18.8. The second kappa shape index (κ2) is 8.89. The number of aromatic nitrogens is 3. The van der Waals surface area contributed by atoms with Crippen LogP contribution in [0, 0.1) is 13.8 Å². The van der Waals surface area contributed by atoms with E-state index in [1.165, 1.54) is 17.3 Å². The van der Waals surface area contributed by atoms with Crippen molar-refractivity contribution < 1.29 is 13.9 Å². The van der Waals surface area contributed by atoms with Crippen molar-refractivity contribution in [3.63, 3.8) is 0 Å². The first kappa shape index (κ1) is 20.4. The van der Waals surface area contributed by atoms with Gasteiger partial charge in [0.1, 0.15) is 5.01 Å². The smallest absolute Gasteiger partial charge is 0.277 e. The van der Waals surface area contributed by atoms with Crippen LogP contribution in [0.15, 0.2) is 51.4 Å². The molecule has 0 amide bonds. The van der Waals surface area contributed by atoms with E-state index >= 15 is 0 Å². The van der Waals surface area contributed by atoms with Crippen LogP contribution in [0.25, 0.3) is 22.0 Å². The van der Waals surface area contributed by atoms with E-state index in [1.807, 2.05) is 42.6 Å². The van der Waals surface area contributed by atoms with Gasteiger partial charge in [0.05, 0.1) is 19.9 Å². The number of thioether (sulfide) groups is 1. The van der Waals surface area contributed by atoms with Crippen LogP contribution in [0.5, 0.6) is 11.5 Å². The normalized spacial score (nSPS) is 10.9. The summed E-state index contributed by atoms with van der Waals surface area (Å²) < 4.78 is 16.5. The number of nitrogens with zero attached hydrogens (tertiary/aromatic N) is 3. The number of thiazole rings is 1. The van der Waals surface area contributed by atoms with Crippen LogP contribution in [0.4, 0.5) is 0 Å². The van der Waals surface area contributed by atoms with E-state index in [4.69, 9.17) is 18.9 Å². The lowest BCUT2D eigenvalue weighted by atomic mass is 10.1. The van der Waals surface area contributed by atoms with Crippen LogP contribution in [0.2, 0.25) is 0 Å². The minimum Gasteiger partial charge on any atom is -0.493 e. The van der Waals surface area contributed by atoms with E-state index in [0.717, 1.165) is 27.4 Å². The Labute approximate surface area is 183 Å². The minimum atomic E-state index is 0.533. The molecule has 0 unspecified atom stereocenters. The number of hydrogen-bond acceptors (Lipinski definition) is 8. The maximum Gasteiger partial charge on any atom is 0.277 e. The second-order valence-corrected chi connectivity index (χ2v) is 8.48. The third kappa shape index (κ3) is 4.34. The van der Waals surface area contributed by atoms with E-state index in [2.05, 4.69) is 23.2 Å². The monoisotopic (exact) mass is 439 g/mol. The van der Waals surface area contributed by atoms with E-state index < -0.39 is 0 Å². The summed E-state index contributed by atoms with van der Waals surface area (Å²) in [5, 5.41) is 11.9. The lowest BCUT2D eigenvalue weighted by molar-refractivity contribution is 0.355. The summed E-state index contributed by atoms with van der Waals surface area (Å²) in [6, 6.07) is 12.0. The van der Waals surface area contributed by atoms with Crippen molar-refractivity contribution in [3.05, 3.63) is 58.6 Å². The highest BCUT2D eigenvalue weighted by atomic mass is 32.2. The van der Waals surface area contributed by atoms with Gasteiger partial charge in [0.15, 0.2) is 11.5 Å². The molecule has 4 aromatic rings. The molecule has 0 aliphatic carbocycles. The standard InChI is InChI=1S/C22H21N3O3S2/c1-13-5-7-17(14(2)9-13)20-24-25-22(28-20)30-12-16-11-29-21(23-16)15-6-8-18(26-3)19(10-15)27-4/h5-11H,12H2,1-4H3. The number of methoxy groups -OCH3 is 2. The summed E-state index contributed by atoms with van der Waals surface area (Å²) in [5.41, 5.74) is 5.24. The molecule has 0 saturated carbocycles. The largest absolute Gasteiger partial charge is 0.493 e. The van der Waals surface area contributed by atoms with Gasteiger partial charge in [0.2, 0.25) is 5.89 Å². The lowest BCUT2D eigenvalue weighted by Crippen LogP contribution is -1.90. The molecule has 6 nitrogen and oxygen atoms in total. The average Bonchev–Trinajstić information content (AvgIpc) is 3.41. The molecule has 0 atom stereocenters. The van der Waals surface area contributed by atoms with Crippen molar-refractivity contribution in [2.45, 2.75) is 24.8 Å². The number of ether oxygens (including phenoxy) is 2. The first-order chi connectivity index (χ1) is 14.6. The predicted molar refractivity (Wildman–Crippen MR) is 119 cm³/mol. The fourth-order valence-corrected chi connectivity index (χ4v) is 4.62. The summed E-state index contributed by atoms with van der Waals surface area (Å²) in [6.07, 6.45) is 0. The molecule has 0 fully saturated rings. The molecule has 30 heavy (non-hydrogen) atoms. The highest BCUT2D eigenvalue weighted by Crippen LogP contribution is 2.34. The minimum absolute atomic E-state index is 0.533. The molecule has 0 spiro atoms. The van der Waals surface area contributed by atoms with E-state index in [0.29, 0.717) is 28.4 Å². The Morgan fingerprint density at radius 3 is 2.60 bits per heavy atom. The van der Waals surface area contributed by atoms with Crippen molar-refractivity contribution in [2.24, 2.45) is 0 Å². The van der Waals surface area contributed by atoms with Crippen LogP contribution in [0.1, 0.15) is 16.8 Å². The zero-order chi connectivity index (χ0) is 21.1. The first-order valence-corrected chi connectivity index (χ1v) is 11.1. The molecule has 2 heterocycles. The fourth-order valence-electron chi connectivity index (χ4n) is 3.04. The first-order valence-electron chi connectivity index (χ1n) is 9.28. The maximum absolute atomic E-state index is 5.85. The van der Waals surface area contributed by atoms with Crippen molar-refractivity contribution in [1.82, 2.24) is 15.2 Å². The Balaban J connectivity index is 1.45. The Bertz CT molecular complexity index is 1170. The van der Waals surface area contributed by atoms with Gasteiger partial charge < -0.3 is 13.9 Å². The van der Waals surface area contributed by atoms with Gasteiger partial charge in [-0.2, -0.15) is 0 Å². The SMILES string of the molecule is COc1ccc(-c2nc(CSc3nnc(-c4ccc(C)cc4C)o3)cs2)cc1OC. The van der Waals surface area contributed by atoms with E-state index in [-0.39, 0.29) is 0 Å². The Hall–Kier alpha value is -2.84. The van der Waals surface area contributed by atoms with Crippen LogP contribution in [-0.4, -0.2) is 29.4 Å². The van der Waals surface area contributed by atoms with Crippen molar-refractivity contribution in [2.75, 3.05) is 14.2 Å². The molecule has 0 aliphatic heterocycles. The molecule has 0 saturated heterocycles. The predicted octanol–water partition coefficient (Wildman–Crippen LogP) is 5.79. The van der Waals surface area contributed by atoms with E-state index in [1.54, 1.807) is 25.6 Å².